The first kappa shape index (κ1) is 12.5. The average molecular weight is 207 g/mol. The lowest BCUT2D eigenvalue weighted by Crippen LogP contribution is -2.38. The average Bonchev–Trinajstić information content (AvgIpc) is 2.02. The molecule has 0 bridgehead atoms. The van der Waals surface area contributed by atoms with Crippen molar-refractivity contribution in [2.24, 2.45) is 0 Å². The van der Waals surface area contributed by atoms with Gasteiger partial charge < -0.3 is 8.85 Å². The van der Waals surface area contributed by atoms with Crippen LogP contribution in [0.5, 0.6) is 0 Å². The van der Waals surface area contributed by atoms with Gasteiger partial charge >= 0.3 is 8.56 Å². The summed E-state index contributed by atoms with van der Waals surface area (Å²) in [5, 5.41) is 0. The van der Waals surface area contributed by atoms with Crippen LogP contribution < -0.4 is 0 Å². The molecule has 2 nitrogen and oxygen atoms in total. The molecular weight excluding hydrogens is 188 g/mol. The van der Waals surface area contributed by atoms with Crippen LogP contribution in [0.25, 0.3) is 0 Å². The summed E-state index contributed by atoms with van der Waals surface area (Å²) in [5.41, 5.74) is 0. The molecule has 0 spiro atoms. The molecule has 0 amide bonds. The van der Waals surface area contributed by atoms with Crippen LogP contribution in [0.4, 0.5) is 0 Å². The van der Waals surface area contributed by atoms with Crippen molar-refractivity contribution in [3.05, 3.63) is 0 Å². The summed E-state index contributed by atoms with van der Waals surface area (Å²) < 4.78 is 11.3. The second kappa shape index (κ2) is 6.94. The molecule has 0 aliphatic heterocycles. The number of hydrogen-bond acceptors (Lipinski definition) is 2. The lowest BCUT2D eigenvalue weighted by molar-refractivity contribution is 0.189. The van der Waals surface area contributed by atoms with Gasteiger partial charge in [0.05, 0.1) is 0 Å². The van der Waals surface area contributed by atoms with Crippen LogP contribution in [0, 0.1) is 0 Å². The third-order valence-corrected chi connectivity index (χ3v) is 5.02. The minimum absolute atomic E-state index is 0.750. The molecule has 1 radical (unpaired) electrons. The van der Waals surface area contributed by atoms with E-state index < -0.39 is 8.56 Å². The fourth-order valence-corrected chi connectivity index (χ4v) is 4.00. The Morgan fingerprint density at radius 3 is 2.00 bits per heavy atom. The molecule has 0 rings (SSSR count). The fraction of sp³-hybridized carbons (Fsp3) is 1.00. The predicted octanol–water partition coefficient (Wildman–Crippen LogP) is 2.72. The fourth-order valence-electron chi connectivity index (χ4n) is 1.19. The van der Waals surface area contributed by atoms with Crippen molar-refractivity contribution >= 4 is 21.2 Å². The van der Waals surface area contributed by atoms with E-state index in [0.29, 0.717) is 0 Å². The lowest BCUT2D eigenvalue weighted by atomic mass is 10.6. The highest BCUT2D eigenvalue weighted by molar-refractivity contribution is 7.80. The van der Waals surface area contributed by atoms with Gasteiger partial charge in [-0.05, 0) is 32.9 Å². The predicted molar refractivity (Wildman–Crippen MR) is 56.8 cm³/mol. The monoisotopic (exact) mass is 207 g/mol. The first-order chi connectivity index (χ1) is 5.68. The summed E-state index contributed by atoms with van der Waals surface area (Å²) in [6.07, 6.45) is 1.04. The third kappa shape index (κ3) is 5.19. The van der Waals surface area contributed by atoms with E-state index in [9.17, 15) is 0 Å². The van der Waals surface area contributed by atoms with Gasteiger partial charge in [0.1, 0.15) is 0 Å². The Labute approximate surface area is 82.3 Å². The van der Waals surface area contributed by atoms with Gasteiger partial charge in [0, 0.05) is 19.0 Å². The Balaban J connectivity index is 3.80. The summed E-state index contributed by atoms with van der Waals surface area (Å²) in [7, 11) is -1.84. The first-order valence-electron chi connectivity index (χ1n) is 4.54. The smallest absolute Gasteiger partial charge is 0.334 e. The van der Waals surface area contributed by atoms with Crippen LogP contribution >= 0.6 is 12.6 Å². The van der Waals surface area contributed by atoms with Crippen molar-refractivity contribution in [2.45, 2.75) is 32.9 Å². The van der Waals surface area contributed by atoms with Crippen molar-refractivity contribution in [2.75, 3.05) is 19.0 Å². The van der Waals surface area contributed by atoms with Gasteiger partial charge in [0.25, 0.3) is 0 Å². The molecule has 12 heavy (non-hydrogen) atoms. The molecule has 0 saturated carbocycles. The van der Waals surface area contributed by atoms with Crippen LogP contribution in [-0.4, -0.2) is 27.5 Å². The summed E-state index contributed by atoms with van der Waals surface area (Å²) in [5.74, 6) is 0.808. The van der Waals surface area contributed by atoms with Gasteiger partial charge in [-0.3, -0.25) is 0 Å². The largest absolute Gasteiger partial charge is 0.395 e. The normalized spacial score (nSPS) is 12.0. The second-order valence-corrected chi connectivity index (χ2v) is 6.56. The molecule has 0 atom stereocenters. The van der Waals surface area contributed by atoms with E-state index in [2.05, 4.69) is 6.55 Å². The molecule has 73 valence electrons. The molecule has 0 aromatic heterocycles. The Morgan fingerprint density at radius 2 is 1.67 bits per heavy atom. The van der Waals surface area contributed by atoms with E-state index >= 15 is 0 Å². The van der Waals surface area contributed by atoms with Crippen LogP contribution in [0.3, 0.4) is 0 Å². The molecule has 0 aliphatic carbocycles. The molecule has 4 heteroatoms. The summed E-state index contributed by atoms with van der Waals surface area (Å²) in [6, 6.07) is 1.03. The van der Waals surface area contributed by atoms with E-state index in [1.807, 2.05) is 13.8 Å². The summed E-state index contributed by atoms with van der Waals surface area (Å²) in [6.45, 7) is 7.64. The van der Waals surface area contributed by atoms with Crippen molar-refractivity contribution in [3.63, 3.8) is 0 Å². The van der Waals surface area contributed by atoms with E-state index in [1.165, 1.54) is 0 Å². The molecule has 0 unspecified atom stereocenters. The van der Waals surface area contributed by atoms with Gasteiger partial charge in [-0.1, -0.05) is 12.6 Å². The maximum absolute atomic E-state index is 5.64. The zero-order chi connectivity index (χ0) is 9.45. The highest BCUT2D eigenvalue weighted by atomic mass is 32.1. The van der Waals surface area contributed by atoms with Crippen LogP contribution in [0.2, 0.25) is 12.6 Å². The zero-order valence-electron chi connectivity index (χ0n) is 8.26. The molecule has 0 fully saturated rings. The Morgan fingerprint density at radius 1 is 1.17 bits per heavy atom. The topological polar surface area (TPSA) is 18.5 Å². The second-order valence-electron chi connectivity index (χ2n) is 2.81. The van der Waals surface area contributed by atoms with Crippen molar-refractivity contribution in [1.29, 1.82) is 0 Å². The van der Waals surface area contributed by atoms with Gasteiger partial charge in [0.2, 0.25) is 0 Å². The maximum atomic E-state index is 5.64. The first-order valence-corrected chi connectivity index (χ1v) is 7.64. The maximum Gasteiger partial charge on any atom is 0.334 e. The lowest BCUT2D eigenvalue weighted by Gasteiger charge is -2.25. The molecule has 0 aromatic rings. The Hall–Kier alpha value is 0.487. The molecule has 0 heterocycles. The van der Waals surface area contributed by atoms with E-state index in [-0.39, 0.29) is 0 Å². The minimum atomic E-state index is -1.84. The van der Waals surface area contributed by atoms with Gasteiger partial charge in [0.15, 0.2) is 0 Å². The summed E-state index contributed by atoms with van der Waals surface area (Å²) >= 11 is 4.90. The quantitative estimate of drug-likeness (QED) is 0.598. The van der Waals surface area contributed by atoms with E-state index in [4.69, 9.17) is 21.5 Å². The molecule has 0 saturated heterocycles. The highest BCUT2D eigenvalue weighted by Gasteiger charge is 2.29. The number of rotatable bonds is 7. The van der Waals surface area contributed by atoms with Crippen molar-refractivity contribution < 1.29 is 8.85 Å². The Kier molecular flexibility index (Phi) is 7.23. The van der Waals surface area contributed by atoms with Crippen LogP contribution in [-0.2, 0) is 8.85 Å². The minimum Gasteiger partial charge on any atom is -0.395 e. The standard InChI is InChI=1S/C8H19O2SSi/c1-4-9-12(3,10-5-2)8-6-7-11/h4-8H2,1-3H3. The third-order valence-electron chi connectivity index (χ3n) is 1.67. The van der Waals surface area contributed by atoms with E-state index in [0.717, 1.165) is 31.4 Å². The zero-order valence-corrected chi connectivity index (χ0v) is 10.1. The van der Waals surface area contributed by atoms with Gasteiger partial charge in [-0.25, -0.2) is 0 Å². The molecule has 0 N–H and O–H groups in total. The van der Waals surface area contributed by atoms with Crippen LogP contribution in [0.1, 0.15) is 20.3 Å². The van der Waals surface area contributed by atoms with Gasteiger partial charge in [-0.15, -0.1) is 0 Å². The van der Waals surface area contributed by atoms with Crippen LogP contribution in [0.15, 0.2) is 0 Å². The summed E-state index contributed by atoms with van der Waals surface area (Å²) in [4.78, 5) is 0. The van der Waals surface area contributed by atoms with Gasteiger partial charge in [-0.2, -0.15) is 0 Å². The molecule has 0 aromatic carbocycles. The van der Waals surface area contributed by atoms with Crippen molar-refractivity contribution in [3.8, 4) is 0 Å². The van der Waals surface area contributed by atoms with Crippen molar-refractivity contribution in [1.82, 2.24) is 0 Å². The number of hydrogen-bond donors (Lipinski definition) is 0. The molecule has 0 aliphatic rings. The van der Waals surface area contributed by atoms with E-state index in [1.54, 1.807) is 0 Å². The SMILES string of the molecule is CCO[Si](C)(CCC[S])OCC. The molecular formula is C8H19O2SSi. The Bertz CT molecular complexity index is 105. The highest BCUT2D eigenvalue weighted by Crippen LogP contribution is 2.15.